The molecule has 17 heavy (non-hydrogen) atoms. The second-order valence-electron chi connectivity index (χ2n) is 4.74. The Labute approximate surface area is 104 Å². The van der Waals surface area contributed by atoms with Crippen molar-refractivity contribution < 1.29 is 9.53 Å². The molecule has 0 bridgehead atoms. The maximum absolute atomic E-state index is 11.4. The summed E-state index contributed by atoms with van der Waals surface area (Å²) in [7, 11) is 3.99. The molecule has 1 unspecified atom stereocenters. The van der Waals surface area contributed by atoms with Crippen molar-refractivity contribution in [2.75, 3.05) is 46.9 Å². The molecule has 100 valence electrons. The first-order chi connectivity index (χ1) is 8.18. The number of amides is 1. The first-order valence-corrected chi connectivity index (χ1v) is 6.42. The van der Waals surface area contributed by atoms with Crippen molar-refractivity contribution in [1.29, 1.82) is 0 Å². The molecular formula is C12H25N3O2. The molecular weight excluding hydrogens is 218 g/mol. The van der Waals surface area contributed by atoms with Crippen molar-refractivity contribution in [2.24, 2.45) is 0 Å². The zero-order chi connectivity index (χ0) is 12.5. The van der Waals surface area contributed by atoms with Gasteiger partial charge in [0.25, 0.3) is 0 Å². The average molecular weight is 243 g/mol. The molecule has 1 aliphatic heterocycles. The second kappa shape index (κ2) is 8.44. The van der Waals surface area contributed by atoms with Crippen LogP contribution in [0, 0.1) is 0 Å². The summed E-state index contributed by atoms with van der Waals surface area (Å²) >= 11 is 0. The lowest BCUT2D eigenvalue weighted by atomic mass is 10.2. The molecule has 0 saturated carbocycles. The molecule has 1 amide bonds. The smallest absolute Gasteiger partial charge is 0.221 e. The van der Waals surface area contributed by atoms with E-state index in [0.717, 1.165) is 45.6 Å². The lowest BCUT2D eigenvalue weighted by molar-refractivity contribution is -0.121. The van der Waals surface area contributed by atoms with Crippen molar-refractivity contribution in [3.63, 3.8) is 0 Å². The Morgan fingerprint density at radius 2 is 2.24 bits per heavy atom. The Kier molecular flexibility index (Phi) is 7.16. The van der Waals surface area contributed by atoms with Gasteiger partial charge in [0, 0.05) is 39.2 Å². The van der Waals surface area contributed by atoms with Crippen LogP contribution in [0.2, 0.25) is 0 Å². The number of carbonyl (C=O) groups excluding carboxylic acids is 1. The van der Waals surface area contributed by atoms with Crippen molar-refractivity contribution in [1.82, 2.24) is 15.5 Å². The maximum Gasteiger partial charge on any atom is 0.221 e. The van der Waals surface area contributed by atoms with E-state index in [0.29, 0.717) is 12.5 Å². The third kappa shape index (κ3) is 7.31. The number of hydrogen-bond donors (Lipinski definition) is 2. The van der Waals surface area contributed by atoms with E-state index in [1.54, 1.807) is 0 Å². The predicted molar refractivity (Wildman–Crippen MR) is 68.0 cm³/mol. The molecule has 0 aromatic carbocycles. The summed E-state index contributed by atoms with van der Waals surface area (Å²) in [5.41, 5.74) is 0. The van der Waals surface area contributed by atoms with E-state index >= 15 is 0 Å². The zero-order valence-electron chi connectivity index (χ0n) is 11.0. The summed E-state index contributed by atoms with van der Waals surface area (Å²) in [4.78, 5) is 13.5. The van der Waals surface area contributed by atoms with Gasteiger partial charge in [-0.2, -0.15) is 0 Å². The molecule has 1 heterocycles. The molecule has 0 radical (unpaired) electrons. The Hall–Kier alpha value is -0.650. The molecule has 2 N–H and O–H groups in total. The van der Waals surface area contributed by atoms with E-state index < -0.39 is 0 Å². The van der Waals surface area contributed by atoms with Crippen molar-refractivity contribution in [3.8, 4) is 0 Å². The molecule has 1 rings (SSSR count). The van der Waals surface area contributed by atoms with Gasteiger partial charge in [-0.05, 0) is 26.9 Å². The SMILES string of the molecule is CN(C)CCNC(=O)CCNCC1CCCO1. The van der Waals surface area contributed by atoms with E-state index in [4.69, 9.17) is 4.74 Å². The highest BCUT2D eigenvalue weighted by atomic mass is 16.5. The predicted octanol–water partition coefficient (Wildman–Crippen LogP) is -0.177. The Morgan fingerprint density at radius 3 is 2.88 bits per heavy atom. The lowest BCUT2D eigenvalue weighted by Gasteiger charge is -2.12. The number of nitrogens with zero attached hydrogens (tertiary/aromatic N) is 1. The summed E-state index contributed by atoms with van der Waals surface area (Å²) in [5.74, 6) is 0.117. The van der Waals surface area contributed by atoms with Crippen LogP contribution in [0.25, 0.3) is 0 Å². The van der Waals surface area contributed by atoms with Gasteiger partial charge in [0.15, 0.2) is 0 Å². The summed E-state index contributed by atoms with van der Waals surface area (Å²) in [5, 5.41) is 6.15. The third-order valence-electron chi connectivity index (χ3n) is 2.81. The Morgan fingerprint density at radius 1 is 1.41 bits per heavy atom. The van der Waals surface area contributed by atoms with Crippen molar-refractivity contribution >= 4 is 5.91 Å². The Bertz CT molecular complexity index is 216. The molecule has 0 aromatic heterocycles. The van der Waals surface area contributed by atoms with Crippen LogP contribution >= 0.6 is 0 Å². The van der Waals surface area contributed by atoms with E-state index in [-0.39, 0.29) is 5.91 Å². The minimum atomic E-state index is 0.117. The summed E-state index contributed by atoms with van der Waals surface area (Å²) in [6, 6.07) is 0. The largest absolute Gasteiger partial charge is 0.377 e. The fourth-order valence-corrected chi connectivity index (χ4v) is 1.78. The van der Waals surface area contributed by atoms with E-state index in [2.05, 4.69) is 15.5 Å². The van der Waals surface area contributed by atoms with Crippen LogP contribution in [-0.2, 0) is 9.53 Å². The maximum atomic E-state index is 11.4. The van der Waals surface area contributed by atoms with Crippen LogP contribution in [0.15, 0.2) is 0 Å². The molecule has 1 aliphatic rings. The standard InChI is InChI=1S/C12H25N3O2/c1-15(2)8-7-14-12(16)5-6-13-10-11-4-3-9-17-11/h11,13H,3-10H2,1-2H3,(H,14,16). The van der Waals surface area contributed by atoms with Crippen molar-refractivity contribution in [3.05, 3.63) is 0 Å². The highest BCUT2D eigenvalue weighted by Crippen LogP contribution is 2.10. The number of rotatable bonds is 8. The summed E-state index contributed by atoms with van der Waals surface area (Å²) in [6.07, 6.45) is 3.20. The van der Waals surface area contributed by atoms with Gasteiger partial charge in [0.2, 0.25) is 5.91 Å². The minimum Gasteiger partial charge on any atom is -0.377 e. The topological polar surface area (TPSA) is 53.6 Å². The average Bonchev–Trinajstić information content (AvgIpc) is 2.76. The van der Waals surface area contributed by atoms with Crippen LogP contribution < -0.4 is 10.6 Å². The van der Waals surface area contributed by atoms with Crippen molar-refractivity contribution in [2.45, 2.75) is 25.4 Å². The van der Waals surface area contributed by atoms with Crippen LogP contribution in [0.3, 0.4) is 0 Å². The zero-order valence-corrected chi connectivity index (χ0v) is 11.0. The summed E-state index contributed by atoms with van der Waals surface area (Å²) in [6.45, 7) is 4.09. The van der Waals surface area contributed by atoms with E-state index in [9.17, 15) is 4.79 Å². The number of likely N-dealkylation sites (N-methyl/N-ethyl adjacent to an activating group) is 1. The normalized spacial score (nSPS) is 19.8. The van der Waals surface area contributed by atoms with Gasteiger partial charge in [-0.25, -0.2) is 0 Å². The third-order valence-corrected chi connectivity index (χ3v) is 2.81. The van der Waals surface area contributed by atoms with Crippen LogP contribution in [0.4, 0.5) is 0 Å². The molecule has 1 fully saturated rings. The van der Waals surface area contributed by atoms with Gasteiger partial charge in [-0.1, -0.05) is 0 Å². The van der Waals surface area contributed by atoms with Gasteiger partial charge in [0.1, 0.15) is 0 Å². The molecule has 0 spiro atoms. The highest BCUT2D eigenvalue weighted by Gasteiger charge is 2.14. The lowest BCUT2D eigenvalue weighted by Crippen LogP contribution is -2.34. The fourth-order valence-electron chi connectivity index (χ4n) is 1.78. The highest BCUT2D eigenvalue weighted by molar-refractivity contribution is 5.76. The minimum absolute atomic E-state index is 0.117. The number of carbonyl (C=O) groups is 1. The Balaban J connectivity index is 1.89. The fraction of sp³-hybridized carbons (Fsp3) is 0.917. The molecule has 1 saturated heterocycles. The molecule has 5 heteroatoms. The van der Waals surface area contributed by atoms with Gasteiger partial charge < -0.3 is 20.3 Å². The van der Waals surface area contributed by atoms with Gasteiger partial charge in [0.05, 0.1) is 6.10 Å². The molecule has 0 aromatic rings. The van der Waals surface area contributed by atoms with E-state index in [1.807, 2.05) is 14.1 Å². The first kappa shape index (κ1) is 14.4. The quantitative estimate of drug-likeness (QED) is 0.581. The first-order valence-electron chi connectivity index (χ1n) is 6.42. The summed E-state index contributed by atoms with van der Waals surface area (Å²) < 4.78 is 5.48. The van der Waals surface area contributed by atoms with Gasteiger partial charge in [-0.15, -0.1) is 0 Å². The van der Waals surface area contributed by atoms with Gasteiger partial charge >= 0.3 is 0 Å². The second-order valence-corrected chi connectivity index (χ2v) is 4.74. The molecule has 0 aliphatic carbocycles. The van der Waals surface area contributed by atoms with Crippen LogP contribution in [0.1, 0.15) is 19.3 Å². The number of nitrogens with one attached hydrogen (secondary N) is 2. The van der Waals surface area contributed by atoms with Crippen LogP contribution in [-0.4, -0.2) is 63.8 Å². The monoisotopic (exact) mass is 243 g/mol. The van der Waals surface area contributed by atoms with Crippen LogP contribution in [0.5, 0.6) is 0 Å². The molecule has 5 nitrogen and oxygen atoms in total. The number of ether oxygens (including phenoxy) is 1. The molecule has 1 atom stereocenters. The number of hydrogen-bond acceptors (Lipinski definition) is 4. The van der Waals surface area contributed by atoms with Gasteiger partial charge in [-0.3, -0.25) is 4.79 Å². The van der Waals surface area contributed by atoms with E-state index in [1.165, 1.54) is 0 Å².